The zero-order valence-corrected chi connectivity index (χ0v) is 11.3. The summed E-state index contributed by atoms with van der Waals surface area (Å²) in [7, 11) is -1.44. The van der Waals surface area contributed by atoms with Crippen LogP contribution < -0.4 is 10.2 Å². The van der Waals surface area contributed by atoms with E-state index in [9.17, 15) is 0 Å². The highest BCUT2D eigenvalue weighted by molar-refractivity contribution is 6.58. The van der Waals surface area contributed by atoms with Crippen molar-refractivity contribution in [3.63, 3.8) is 0 Å². The Morgan fingerprint density at radius 3 is 2.42 bits per heavy atom. The van der Waals surface area contributed by atoms with E-state index in [0.29, 0.717) is 17.1 Å². The molecular weight excluding hydrogens is 262 g/mol. The summed E-state index contributed by atoms with van der Waals surface area (Å²) >= 11 is 5.92. The molecule has 2 N–H and O–H groups in total. The van der Waals surface area contributed by atoms with Crippen molar-refractivity contribution in [1.29, 1.82) is 0 Å². The Kier molecular flexibility index (Phi) is 4.48. The highest BCUT2D eigenvalue weighted by Crippen LogP contribution is 2.23. The van der Waals surface area contributed by atoms with Crippen LogP contribution in [0.2, 0.25) is 5.02 Å². The second-order valence-electron chi connectivity index (χ2n) is 4.31. The van der Waals surface area contributed by atoms with Gasteiger partial charge < -0.3 is 14.8 Å². The van der Waals surface area contributed by atoms with Crippen molar-refractivity contribution in [2.45, 2.75) is 13.5 Å². The summed E-state index contributed by atoms with van der Waals surface area (Å²) in [6, 6.07) is 12.4. The lowest BCUT2D eigenvalue weighted by Gasteiger charge is -2.10. The largest absolute Gasteiger partial charge is 0.489 e. The fraction of sp³-hybridized carbons (Fsp3) is 0.143. The number of benzene rings is 2. The molecule has 2 aromatic carbocycles. The quantitative estimate of drug-likeness (QED) is 0.839. The van der Waals surface area contributed by atoms with Gasteiger partial charge in [0.1, 0.15) is 12.4 Å². The topological polar surface area (TPSA) is 49.7 Å². The minimum absolute atomic E-state index is 0.406. The molecule has 0 saturated heterocycles. The molecule has 0 fully saturated rings. The normalized spacial score (nSPS) is 10.3. The molecule has 0 spiro atoms. The molecule has 0 aliphatic heterocycles. The fourth-order valence-electron chi connectivity index (χ4n) is 1.68. The molecule has 0 bridgehead atoms. The van der Waals surface area contributed by atoms with Crippen molar-refractivity contribution in [2.75, 3.05) is 0 Å². The number of ether oxygens (including phenoxy) is 1. The van der Waals surface area contributed by atoms with E-state index in [-0.39, 0.29) is 0 Å². The molecule has 0 aliphatic carbocycles. The van der Waals surface area contributed by atoms with E-state index in [1.54, 1.807) is 30.3 Å². The Hall–Kier alpha value is -1.49. The van der Waals surface area contributed by atoms with Crippen molar-refractivity contribution in [2.24, 2.45) is 0 Å². The maximum atomic E-state index is 9.00. The lowest BCUT2D eigenvalue weighted by atomic mass is 9.80. The number of hydrogen-bond acceptors (Lipinski definition) is 3. The summed E-state index contributed by atoms with van der Waals surface area (Å²) in [5.41, 5.74) is 2.43. The van der Waals surface area contributed by atoms with E-state index in [1.165, 1.54) is 0 Å². The zero-order chi connectivity index (χ0) is 13.8. The van der Waals surface area contributed by atoms with Crippen LogP contribution in [0.25, 0.3) is 0 Å². The lowest BCUT2D eigenvalue weighted by molar-refractivity contribution is 0.304. The minimum Gasteiger partial charge on any atom is -0.489 e. The first-order valence-electron chi connectivity index (χ1n) is 5.90. The lowest BCUT2D eigenvalue weighted by Crippen LogP contribution is -2.29. The molecule has 5 heteroatoms. The van der Waals surface area contributed by atoms with Crippen molar-refractivity contribution in [3.05, 3.63) is 58.6 Å². The predicted octanol–water partition coefficient (Wildman–Crippen LogP) is 1.91. The second-order valence-corrected chi connectivity index (χ2v) is 4.75. The third-order valence-electron chi connectivity index (χ3n) is 2.82. The first-order chi connectivity index (χ1) is 9.06. The zero-order valence-electron chi connectivity index (χ0n) is 10.5. The van der Waals surface area contributed by atoms with Gasteiger partial charge in [0.2, 0.25) is 0 Å². The van der Waals surface area contributed by atoms with Crippen LogP contribution in [0.3, 0.4) is 0 Å². The fourth-order valence-corrected chi connectivity index (χ4v) is 1.84. The maximum Gasteiger partial charge on any atom is 0.488 e. The summed E-state index contributed by atoms with van der Waals surface area (Å²) < 4.78 is 5.69. The summed E-state index contributed by atoms with van der Waals surface area (Å²) in [6.45, 7) is 2.36. The highest BCUT2D eigenvalue weighted by atomic mass is 35.5. The molecule has 0 unspecified atom stereocenters. The van der Waals surface area contributed by atoms with Crippen LogP contribution in [0.5, 0.6) is 5.75 Å². The van der Waals surface area contributed by atoms with Gasteiger partial charge in [0.15, 0.2) is 0 Å². The van der Waals surface area contributed by atoms with Gasteiger partial charge in [0.05, 0.1) is 0 Å². The molecule has 0 saturated carbocycles. The van der Waals surface area contributed by atoms with Crippen LogP contribution in [0.4, 0.5) is 0 Å². The predicted molar refractivity (Wildman–Crippen MR) is 76.8 cm³/mol. The van der Waals surface area contributed by atoms with Gasteiger partial charge in [0.25, 0.3) is 0 Å². The van der Waals surface area contributed by atoms with Crippen LogP contribution in [0, 0.1) is 6.92 Å². The number of aryl methyl sites for hydroxylation is 1. The van der Waals surface area contributed by atoms with E-state index >= 15 is 0 Å². The second kappa shape index (κ2) is 6.11. The molecule has 0 aliphatic rings. The first-order valence-corrected chi connectivity index (χ1v) is 6.28. The highest BCUT2D eigenvalue weighted by Gasteiger charge is 2.09. The Balaban J connectivity index is 2.04. The van der Waals surface area contributed by atoms with E-state index in [1.807, 2.05) is 19.1 Å². The van der Waals surface area contributed by atoms with Gasteiger partial charge in [0, 0.05) is 5.02 Å². The third kappa shape index (κ3) is 3.74. The SMILES string of the molecule is Cc1ccc(Cl)cc1OCc1ccc(B(O)O)cc1. The van der Waals surface area contributed by atoms with Crippen LogP contribution in [0.15, 0.2) is 42.5 Å². The molecule has 0 radical (unpaired) electrons. The van der Waals surface area contributed by atoms with E-state index in [2.05, 4.69) is 0 Å². The van der Waals surface area contributed by atoms with Crippen molar-refractivity contribution >= 4 is 24.2 Å². The van der Waals surface area contributed by atoms with Gasteiger partial charge in [-0.1, -0.05) is 41.9 Å². The summed E-state index contributed by atoms with van der Waals surface area (Å²) in [4.78, 5) is 0. The van der Waals surface area contributed by atoms with Crippen molar-refractivity contribution in [3.8, 4) is 5.75 Å². The molecular formula is C14H14BClO3. The van der Waals surface area contributed by atoms with Gasteiger partial charge in [-0.05, 0) is 35.6 Å². The Bertz CT molecular complexity index is 555. The molecule has 19 heavy (non-hydrogen) atoms. The van der Waals surface area contributed by atoms with E-state index in [0.717, 1.165) is 16.9 Å². The number of hydrogen-bond donors (Lipinski definition) is 2. The molecule has 0 heterocycles. The van der Waals surface area contributed by atoms with Gasteiger partial charge in [-0.15, -0.1) is 0 Å². The summed E-state index contributed by atoms with van der Waals surface area (Å²) in [5.74, 6) is 0.749. The molecule has 0 aromatic heterocycles. The first kappa shape index (κ1) is 13.9. The summed E-state index contributed by atoms with van der Waals surface area (Å²) in [6.07, 6.45) is 0. The molecule has 2 aromatic rings. The van der Waals surface area contributed by atoms with E-state index < -0.39 is 7.12 Å². The van der Waals surface area contributed by atoms with Crippen molar-refractivity contribution < 1.29 is 14.8 Å². The van der Waals surface area contributed by atoms with E-state index in [4.69, 9.17) is 26.4 Å². The Morgan fingerprint density at radius 1 is 1.11 bits per heavy atom. The van der Waals surface area contributed by atoms with Crippen molar-refractivity contribution in [1.82, 2.24) is 0 Å². The molecule has 98 valence electrons. The molecule has 3 nitrogen and oxygen atoms in total. The van der Waals surface area contributed by atoms with Crippen LogP contribution in [0.1, 0.15) is 11.1 Å². The number of rotatable bonds is 4. The molecule has 0 atom stereocenters. The molecule has 2 rings (SSSR count). The van der Waals surface area contributed by atoms with Crippen LogP contribution in [-0.2, 0) is 6.61 Å². The van der Waals surface area contributed by atoms with Crippen LogP contribution >= 0.6 is 11.6 Å². The Morgan fingerprint density at radius 2 is 1.79 bits per heavy atom. The third-order valence-corrected chi connectivity index (χ3v) is 3.06. The average molecular weight is 277 g/mol. The number of halogens is 1. The monoisotopic (exact) mass is 276 g/mol. The molecule has 0 amide bonds. The maximum absolute atomic E-state index is 9.00. The minimum atomic E-state index is -1.44. The van der Waals surface area contributed by atoms with Crippen LogP contribution in [-0.4, -0.2) is 17.2 Å². The van der Waals surface area contributed by atoms with Gasteiger partial charge >= 0.3 is 7.12 Å². The summed E-state index contributed by atoms with van der Waals surface area (Å²) in [5, 5.41) is 18.6. The van der Waals surface area contributed by atoms with Gasteiger partial charge in [-0.2, -0.15) is 0 Å². The van der Waals surface area contributed by atoms with Gasteiger partial charge in [-0.3, -0.25) is 0 Å². The standard InChI is InChI=1S/C14H14BClO3/c1-10-2-7-13(16)8-14(10)19-9-11-3-5-12(6-4-11)15(17)18/h2-8,17-18H,9H2,1H3. The Labute approximate surface area is 117 Å². The van der Waals surface area contributed by atoms with Gasteiger partial charge in [-0.25, -0.2) is 0 Å². The average Bonchev–Trinajstić information content (AvgIpc) is 2.40. The smallest absolute Gasteiger partial charge is 0.488 e.